The number of aliphatic hydroxyl groups excluding tert-OH is 1. The molecule has 0 spiro atoms. The third-order valence-electron chi connectivity index (χ3n) is 12.3. The summed E-state index contributed by atoms with van der Waals surface area (Å²) in [5.41, 5.74) is 1.62. The summed E-state index contributed by atoms with van der Waals surface area (Å²) in [5.74, 6) is 4.89. The van der Waals surface area contributed by atoms with Crippen molar-refractivity contribution in [2.45, 2.75) is 116 Å². The van der Waals surface area contributed by atoms with Crippen LogP contribution in [0.15, 0.2) is 30.3 Å². The van der Waals surface area contributed by atoms with Crippen molar-refractivity contribution in [2.75, 3.05) is 0 Å². The lowest BCUT2D eigenvalue weighted by molar-refractivity contribution is -0.152. The van der Waals surface area contributed by atoms with Crippen molar-refractivity contribution in [3.8, 4) is 0 Å². The van der Waals surface area contributed by atoms with E-state index in [1.807, 2.05) is 18.2 Å². The topological polar surface area (TPSA) is 40.5 Å². The van der Waals surface area contributed by atoms with E-state index in [9.17, 15) is 10.2 Å². The molecule has 34 heavy (non-hydrogen) atoms. The lowest BCUT2D eigenvalue weighted by atomic mass is 9.43. The van der Waals surface area contributed by atoms with E-state index in [0.29, 0.717) is 16.7 Å². The molecule has 0 aliphatic heterocycles. The van der Waals surface area contributed by atoms with Gasteiger partial charge in [0.25, 0.3) is 0 Å². The minimum atomic E-state index is -0.390. The zero-order valence-corrected chi connectivity index (χ0v) is 22.3. The van der Waals surface area contributed by atoms with Crippen LogP contribution in [0.5, 0.6) is 0 Å². The van der Waals surface area contributed by atoms with Gasteiger partial charge in [-0.15, -0.1) is 0 Å². The maximum absolute atomic E-state index is 11.1. The van der Waals surface area contributed by atoms with Crippen LogP contribution in [0.2, 0.25) is 0 Å². The Bertz CT molecular complexity index is 837. The van der Waals surface area contributed by atoms with Crippen LogP contribution in [0.4, 0.5) is 0 Å². The summed E-state index contributed by atoms with van der Waals surface area (Å²) in [7, 11) is 0. The minimum absolute atomic E-state index is 0.326. The Hall–Kier alpha value is -0.860. The molecule has 0 aromatic heterocycles. The molecular weight excluding hydrogens is 416 g/mol. The van der Waals surface area contributed by atoms with Crippen molar-refractivity contribution in [1.82, 2.24) is 0 Å². The van der Waals surface area contributed by atoms with Crippen LogP contribution >= 0.6 is 0 Å². The van der Waals surface area contributed by atoms with Gasteiger partial charge in [0.2, 0.25) is 0 Å². The number of aliphatic hydroxyl groups is 2. The van der Waals surface area contributed by atoms with Crippen molar-refractivity contribution in [1.29, 1.82) is 0 Å². The quantitative estimate of drug-likeness (QED) is 0.447. The van der Waals surface area contributed by atoms with Gasteiger partial charge in [-0.25, -0.2) is 0 Å². The van der Waals surface area contributed by atoms with E-state index in [1.165, 1.54) is 44.9 Å². The van der Waals surface area contributed by atoms with Crippen LogP contribution in [0.1, 0.15) is 116 Å². The molecule has 2 heteroatoms. The fourth-order valence-corrected chi connectivity index (χ4v) is 10.1. The van der Waals surface area contributed by atoms with E-state index in [-0.39, 0.29) is 6.10 Å². The summed E-state index contributed by atoms with van der Waals surface area (Å²) in [6.45, 7) is 9.93. The van der Waals surface area contributed by atoms with Crippen molar-refractivity contribution < 1.29 is 10.2 Å². The fraction of sp³-hybridized carbons (Fsp3) is 0.812. The first-order chi connectivity index (χ1) is 16.2. The average Bonchev–Trinajstić information content (AvgIpc) is 3.20. The van der Waals surface area contributed by atoms with Gasteiger partial charge in [-0.3, -0.25) is 0 Å². The van der Waals surface area contributed by atoms with E-state index in [2.05, 4.69) is 39.8 Å². The predicted octanol–water partition coefficient (Wildman–Crippen LogP) is 7.94. The average molecular weight is 467 g/mol. The summed E-state index contributed by atoms with van der Waals surface area (Å²) in [6, 6.07) is 10.2. The fourth-order valence-electron chi connectivity index (χ4n) is 10.1. The molecule has 0 amide bonds. The first-order valence-electron chi connectivity index (χ1n) is 14.7. The molecule has 0 heterocycles. The molecule has 0 radical (unpaired) electrons. The molecule has 2 nitrogen and oxygen atoms in total. The highest BCUT2D eigenvalue weighted by Crippen LogP contribution is 2.69. The highest BCUT2D eigenvalue weighted by molar-refractivity contribution is 5.17. The predicted molar refractivity (Wildman–Crippen MR) is 140 cm³/mol. The number of rotatable bonds is 6. The molecule has 0 bridgehead atoms. The summed E-state index contributed by atoms with van der Waals surface area (Å²) in [4.78, 5) is 0. The molecule has 1 aromatic rings. The van der Waals surface area contributed by atoms with Crippen molar-refractivity contribution >= 4 is 0 Å². The van der Waals surface area contributed by atoms with Crippen molar-refractivity contribution in [3.63, 3.8) is 0 Å². The van der Waals surface area contributed by atoms with Crippen LogP contribution < -0.4 is 0 Å². The van der Waals surface area contributed by atoms with E-state index in [1.54, 1.807) is 0 Å². The zero-order valence-electron chi connectivity index (χ0n) is 22.3. The van der Waals surface area contributed by atoms with Crippen LogP contribution in [0, 0.1) is 46.3 Å². The molecule has 4 aliphatic rings. The Morgan fingerprint density at radius 2 is 1.62 bits per heavy atom. The third kappa shape index (κ3) is 4.09. The van der Waals surface area contributed by atoms with Gasteiger partial charge in [-0.1, -0.05) is 58.0 Å². The molecule has 1 unspecified atom stereocenters. The second kappa shape index (κ2) is 9.22. The van der Waals surface area contributed by atoms with E-state index < -0.39 is 5.60 Å². The van der Waals surface area contributed by atoms with Crippen molar-refractivity contribution in [3.05, 3.63) is 35.9 Å². The highest BCUT2D eigenvalue weighted by Gasteiger charge is 2.61. The number of hydrogen-bond acceptors (Lipinski definition) is 2. The van der Waals surface area contributed by atoms with Crippen LogP contribution in [0.25, 0.3) is 0 Å². The molecule has 5 rings (SSSR count). The van der Waals surface area contributed by atoms with Crippen LogP contribution in [0.3, 0.4) is 0 Å². The normalized spacial score (nSPS) is 45.6. The number of fused-ring (bicyclic) bond motifs is 5. The third-order valence-corrected chi connectivity index (χ3v) is 12.3. The van der Waals surface area contributed by atoms with Gasteiger partial charge >= 0.3 is 0 Å². The first-order valence-corrected chi connectivity index (χ1v) is 14.7. The van der Waals surface area contributed by atoms with E-state index in [4.69, 9.17) is 0 Å². The van der Waals surface area contributed by atoms with Gasteiger partial charge in [0.05, 0.1) is 11.7 Å². The maximum atomic E-state index is 11.1. The Morgan fingerprint density at radius 3 is 2.35 bits per heavy atom. The maximum Gasteiger partial charge on any atom is 0.0790 e. The molecule has 0 saturated heterocycles. The van der Waals surface area contributed by atoms with Gasteiger partial charge in [-0.2, -0.15) is 0 Å². The standard InChI is InChI=1S/C32H50O2/c1-5-32(34)20-19-30(3)24(21-32)12-13-25-27-15-14-26(31(27,4)18-17-28(25)30)22(2)11-16-29(33)23-9-7-6-8-10-23/h6-10,22,24-29,33-34H,5,11-21H2,1-4H3/t22-,24+,25?,26-,27+,28+,29-,30+,31-,32+/m1/s1. The second-order valence-corrected chi connectivity index (χ2v) is 13.6. The highest BCUT2D eigenvalue weighted by atomic mass is 16.3. The molecule has 10 atom stereocenters. The lowest BCUT2D eigenvalue weighted by Gasteiger charge is -2.62. The van der Waals surface area contributed by atoms with Gasteiger partial charge in [-0.05, 0) is 129 Å². The molecule has 4 aliphatic carbocycles. The molecule has 1 aromatic carbocycles. The minimum Gasteiger partial charge on any atom is -0.390 e. The Balaban J connectivity index is 1.25. The molecular formula is C32H50O2. The Labute approximate surface area is 208 Å². The summed E-state index contributed by atoms with van der Waals surface area (Å²) in [5, 5.41) is 21.8. The van der Waals surface area contributed by atoms with E-state index >= 15 is 0 Å². The van der Waals surface area contributed by atoms with Crippen molar-refractivity contribution in [2.24, 2.45) is 46.3 Å². The second-order valence-electron chi connectivity index (χ2n) is 13.6. The molecule has 2 N–H and O–H groups in total. The van der Waals surface area contributed by atoms with Gasteiger partial charge < -0.3 is 10.2 Å². The molecule has 190 valence electrons. The SMILES string of the molecule is CC[C@]1(O)CC[C@@]2(C)[C@@H](CCC3[C@@H]2CC[C@]2(C)[C@@H]([C@H](C)CC[C@@H](O)c4ccccc4)CC[C@@H]32)C1. The van der Waals surface area contributed by atoms with Gasteiger partial charge in [0.1, 0.15) is 0 Å². The summed E-state index contributed by atoms with van der Waals surface area (Å²) < 4.78 is 0. The van der Waals surface area contributed by atoms with E-state index in [0.717, 1.165) is 67.3 Å². The Kier molecular flexibility index (Phi) is 6.73. The number of benzene rings is 1. The largest absolute Gasteiger partial charge is 0.390 e. The van der Waals surface area contributed by atoms with Gasteiger partial charge in [0.15, 0.2) is 0 Å². The zero-order chi connectivity index (χ0) is 24.1. The lowest BCUT2D eigenvalue weighted by Crippen LogP contribution is -2.56. The van der Waals surface area contributed by atoms with Crippen LogP contribution in [-0.2, 0) is 0 Å². The van der Waals surface area contributed by atoms with Crippen LogP contribution in [-0.4, -0.2) is 15.8 Å². The Morgan fingerprint density at radius 1 is 0.882 bits per heavy atom. The van der Waals surface area contributed by atoms with Gasteiger partial charge in [0, 0.05) is 0 Å². The monoisotopic (exact) mass is 466 g/mol. The summed E-state index contributed by atoms with van der Waals surface area (Å²) >= 11 is 0. The summed E-state index contributed by atoms with van der Waals surface area (Å²) in [6.07, 6.45) is 14.3. The smallest absolute Gasteiger partial charge is 0.0790 e. The molecule has 4 saturated carbocycles. The molecule has 4 fully saturated rings. The number of hydrogen-bond donors (Lipinski definition) is 2. The first kappa shape index (κ1) is 24.8.